The number of hydrogen-bond donors (Lipinski definition) is 8. The van der Waals surface area contributed by atoms with Gasteiger partial charge in [-0.1, -0.05) is 13.8 Å². The van der Waals surface area contributed by atoms with E-state index in [0.717, 1.165) is 0 Å². The molecule has 0 aliphatic heterocycles. The maximum absolute atomic E-state index is 12.8. The Kier molecular flexibility index (Phi) is 13.6. The molecule has 5 amide bonds. The second-order valence-electron chi connectivity index (χ2n) is 8.37. The van der Waals surface area contributed by atoms with Crippen LogP contribution in [0.2, 0.25) is 0 Å². The van der Waals surface area contributed by atoms with Gasteiger partial charge in [0.2, 0.25) is 29.5 Å². The van der Waals surface area contributed by atoms with Crippen molar-refractivity contribution >= 4 is 41.5 Å². The summed E-state index contributed by atoms with van der Waals surface area (Å²) in [6, 6.07) is -5.58. The third-order valence-electron chi connectivity index (χ3n) is 4.67. The standard InChI is InChI=1S/C20H34N6O9/c1-9(2)7-13(20(34)35)26-19(33)12(4-6-16(29)30)25-18(32)11(3-5-14(22)27)24-17(31)10(21)8-15(23)28/h9-13H,3-8,21H2,1-2H3,(H2,22,27)(H2,23,28)(H,24,31)(H,25,32)(H,26,33)(H,29,30)(H,34,35). The van der Waals surface area contributed by atoms with E-state index < -0.39 is 84.9 Å². The molecule has 4 unspecified atom stereocenters. The Hall–Kier alpha value is -3.75. The summed E-state index contributed by atoms with van der Waals surface area (Å²) in [7, 11) is 0. The molecule has 0 fully saturated rings. The van der Waals surface area contributed by atoms with Crippen molar-refractivity contribution in [2.24, 2.45) is 23.1 Å². The molecule has 4 atom stereocenters. The van der Waals surface area contributed by atoms with Gasteiger partial charge in [-0.05, 0) is 25.2 Å². The van der Waals surface area contributed by atoms with Crippen molar-refractivity contribution in [3.05, 3.63) is 0 Å². The Morgan fingerprint density at radius 2 is 1.17 bits per heavy atom. The van der Waals surface area contributed by atoms with Gasteiger partial charge in [-0.25, -0.2) is 4.79 Å². The Morgan fingerprint density at radius 1 is 0.714 bits per heavy atom. The molecule has 0 saturated heterocycles. The lowest BCUT2D eigenvalue weighted by molar-refractivity contribution is -0.143. The van der Waals surface area contributed by atoms with E-state index in [0.29, 0.717) is 0 Å². The second kappa shape index (κ2) is 15.2. The van der Waals surface area contributed by atoms with Crippen LogP contribution < -0.4 is 33.2 Å². The van der Waals surface area contributed by atoms with E-state index >= 15 is 0 Å². The summed E-state index contributed by atoms with van der Waals surface area (Å²) in [5, 5.41) is 25.1. The smallest absolute Gasteiger partial charge is 0.326 e. The highest BCUT2D eigenvalue weighted by molar-refractivity contribution is 5.95. The average molecular weight is 503 g/mol. The monoisotopic (exact) mass is 502 g/mol. The van der Waals surface area contributed by atoms with Crippen molar-refractivity contribution in [2.45, 2.75) is 76.5 Å². The van der Waals surface area contributed by atoms with Crippen LogP contribution in [0.4, 0.5) is 0 Å². The van der Waals surface area contributed by atoms with E-state index in [2.05, 4.69) is 16.0 Å². The average Bonchev–Trinajstić information content (AvgIpc) is 2.71. The number of carbonyl (C=O) groups excluding carboxylic acids is 5. The Balaban J connectivity index is 5.65. The van der Waals surface area contributed by atoms with Gasteiger partial charge in [0.05, 0.1) is 12.5 Å². The molecule has 0 aliphatic rings. The molecule has 0 heterocycles. The first kappa shape index (κ1) is 31.2. The van der Waals surface area contributed by atoms with Gasteiger partial charge in [0, 0.05) is 12.8 Å². The zero-order valence-electron chi connectivity index (χ0n) is 19.6. The number of carboxylic acids is 2. The summed E-state index contributed by atoms with van der Waals surface area (Å²) in [6.45, 7) is 3.47. The second-order valence-corrected chi connectivity index (χ2v) is 8.37. The molecule has 0 aliphatic carbocycles. The van der Waals surface area contributed by atoms with Gasteiger partial charge >= 0.3 is 11.9 Å². The summed E-state index contributed by atoms with van der Waals surface area (Å²) >= 11 is 0. The quantitative estimate of drug-likeness (QED) is 0.0991. The fourth-order valence-electron chi connectivity index (χ4n) is 2.92. The van der Waals surface area contributed by atoms with Crippen LogP contribution in [0.3, 0.4) is 0 Å². The minimum Gasteiger partial charge on any atom is -0.481 e. The molecule has 198 valence electrons. The van der Waals surface area contributed by atoms with Crippen molar-refractivity contribution in [1.82, 2.24) is 16.0 Å². The number of carboxylic acid groups (broad SMARTS) is 2. The highest BCUT2D eigenvalue weighted by atomic mass is 16.4. The largest absolute Gasteiger partial charge is 0.481 e. The first-order chi connectivity index (χ1) is 16.1. The van der Waals surface area contributed by atoms with Gasteiger partial charge in [0.1, 0.15) is 18.1 Å². The molecule has 0 spiro atoms. The van der Waals surface area contributed by atoms with Crippen LogP contribution in [0.1, 0.15) is 52.4 Å². The number of nitrogens with one attached hydrogen (secondary N) is 3. The number of hydrogen-bond acceptors (Lipinski definition) is 8. The lowest BCUT2D eigenvalue weighted by Crippen LogP contribution is -2.57. The topological polar surface area (TPSA) is 274 Å². The molecule has 0 bridgehead atoms. The number of aliphatic carboxylic acids is 2. The van der Waals surface area contributed by atoms with E-state index in [4.69, 9.17) is 22.3 Å². The van der Waals surface area contributed by atoms with Crippen LogP contribution in [0.15, 0.2) is 0 Å². The third kappa shape index (κ3) is 13.5. The van der Waals surface area contributed by atoms with E-state index in [-0.39, 0.29) is 25.2 Å². The van der Waals surface area contributed by atoms with Crippen molar-refractivity contribution in [3.63, 3.8) is 0 Å². The normalized spacial score (nSPS) is 14.2. The van der Waals surface area contributed by atoms with Crippen LogP contribution in [-0.2, 0) is 33.6 Å². The van der Waals surface area contributed by atoms with E-state index in [1.165, 1.54) is 0 Å². The maximum Gasteiger partial charge on any atom is 0.326 e. The fraction of sp³-hybridized carbons (Fsp3) is 0.650. The lowest BCUT2D eigenvalue weighted by atomic mass is 10.0. The van der Waals surface area contributed by atoms with Crippen LogP contribution in [0.25, 0.3) is 0 Å². The Bertz CT molecular complexity index is 817. The summed E-state index contributed by atoms with van der Waals surface area (Å²) in [5.41, 5.74) is 15.6. The van der Waals surface area contributed by atoms with Gasteiger partial charge in [0.15, 0.2) is 0 Å². The van der Waals surface area contributed by atoms with Gasteiger partial charge in [-0.2, -0.15) is 0 Å². The minimum absolute atomic E-state index is 0.0791. The molecule has 0 radical (unpaired) electrons. The van der Waals surface area contributed by atoms with Crippen molar-refractivity contribution in [1.29, 1.82) is 0 Å². The van der Waals surface area contributed by atoms with Crippen LogP contribution in [0.5, 0.6) is 0 Å². The third-order valence-corrected chi connectivity index (χ3v) is 4.67. The van der Waals surface area contributed by atoms with Crippen LogP contribution in [-0.4, -0.2) is 75.9 Å². The van der Waals surface area contributed by atoms with E-state index in [1.807, 2.05) is 0 Å². The summed E-state index contributed by atoms with van der Waals surface area (Å²) < 4.78 is 0. The molecule has 0 rings (SSSR count). The van der Waals surface area contributed by atoms with Crippen molar-refractivity contribution < 1.29 is 43.8 Å². The fourth-order valence-corrected chi connectivity index (χ4v) is 2.92. The number of rotatable bonds is 17. The number of carbonyl (C=O) groups is 7. The number of amides is 5. The minimum atomic E-state index is -1.47. The summed E-state index contributed by atoms with van der Waals surface area (Å²) in [4.78, 5) is 82.4. The van der Waals surface area contributed by atoms with Gasteiger partial charge in [-0.15, -0.1) is 0 Å². The Labute approximate surface area is 201 Å². The van der Waals surface area contributed by atoms with Gasteiger partial charge < -0.3 is 43.4 Å². The number of nitrogens with two attached hydrogens (primary N) is 3. The maximum atomic E-state index is 12.8. The molecule has 0 aromatic rings. The Morgan fingerprint density at radius 3 is 1.57 bits per heavy atom. The molecule has 11 N–H and O–H groups in total. The predicted octanol–water partition coefficient (Wildman–Crippen LogP) is -3.10. The summed E-state index contributed by atoms with van der Waals surface area (Å²) in [5.74, 6) is -7.22. The molecule has 0 aromatic heterocycles. The molecule has 15 nitrogen and oxygen atoms in total. The van der Waals surface area contributed by atoms with Gasteiger partial charge in [-0.3, -0.25) is 28.8 Å². The molecular formula is C20H34N6O9. The van der Waals surface area contributed by atoms with Crippen molar-refractivity contribution in [2.75, 3.05) is 0 Å². The van der Waals surface area contributed by atoms with Crippen molar-refractivity contribution in [3.8, 4) is 0 Å². The molecule has 0 aromatic carbocycles. The molecule has 0 saturated carbocycles. The zero-order valence-corrected chi connectivity index (χ0v) is 19.6. The lowest BCUT2D eigenvalue weighted by Gasteiger charge is -2.25. The first-order valence-electron chi connectivity index (χ1n) is 10.8. The molecular weight excluding hydrogens is 468 g/mol. The van der Waals surface area contributed by atoms with Gasteiger partial charge in [0.25, 0.3) is 0 Å². The highest BCUT2D eigenvalue weighted by Gasteiger charge is 2.31. The van der Waals surface area contributed by atoms with E-state index in [9.17, 15) is 38.7 Å². The summed E-state index contributed by atoms with van der Waals surface area (Å²) in [6.07, 6.45) is -2.01. The zero-order chi connectivity index (χ0) is 27.3. The highest BCUT2D eigenvalue weighted by Crippen LogP contribution is 2.08. The first-order valence-corrected chi connectivity index (χ1v) is 10.8. The SMILES string of the molecule is CC(C)CC(NC(=O)C(CCC(=O)O)NC(=O)C(CCC(N)=O)NC(=O)C(N)CC(N)=O)C(=O)O. The van der Waals surface area contributed by atoms with Crippen LogP contribution >= 0.6 is 0 Å². The molecule has 15 heteroatoms. The van der Waals surface area contributed by atoms with E-state index in [1.54, 1.807) is 13.8 Å². The number of primary amides is 2. The molecule has 35 heavy (non-hydrogen) atoms. The predicted molar refractivity (Wildman–Crippen MR) is 120 cm³/mol. The van der Waals surface area contributed by atoms with Crippen LogP contribution in [0, 0.1) is 5.92 Å².